The molecule has 132 valence electrons. The molecular weight excluding hydrogens is 343 g/mol. The summed E-state index contributed by atoms with van der Waals surface area (Å²) in [6.45, 7) is 3.14. The number of anilines is 1. The van der Waals surface area contributed by atoms with Gasteiger partial charge in [-0.25, -0.2) is 4.39 Å². The molecule has 1 saturated heterocycles. The van der Waals surface area contributed by atoms with Crippen molar-refractivity contribution in [3.05, 3.63) is 59.4 Å². The molecule has 0 radical (unpaired) electrons. The van der Waals surface area contributed by atoms with Crippen LogP contribution in [0.4, 0.5) is 10.1 Å². The van der Waals surface area contributed by atoms with Gasteiger partial charge in [-0.2, -0.15) is 0 Å². The number of halogens is 2. The third-order valence-electron chi connectivity index (χ3n) is 4.22. The molecule has 0 unspecified atom stereocenters. The quantitative estimate of drug-likeness (QED) is 0.814. The number of nitrogens with zero attached hydrogens (tertiary/aromatic N) is 2. The van der Waals surface area contributed by atoms with E-state index in [-0.39, 0.29) is 18.3 Å². The molecule has 0 saturated carbocycles. The normalized spacial score (nSPS) is 14.5. The molecule has 2 aromatic carbocycles. The summed E-state index contributed by atoms with van der Waals surface area (Å²) < 4.78 is 18.3. The third-order valence-corrected chi connectivity index (χ3v) is 4.54. The van der Waals surface area contributed by atoms with E-state index in [9.17, 15) is 9.18 Å². The number of benzene rings is 2. The minimum Gasteiger partial charge on any atom is -0.493 e. The van der Waals surface area contributed by atoms with Crippen molar-refractivity contribution in [2.45, 2.75) is 6.42 Å². The average molecular weight is 363 g/mol. The van der Waals surface area contributed by atoms with Crippen LogP contribution < -0.4 is 9.64 Å². The van der Waals surface area contributed by atoms with Crippen LogP contribution in [0.25, 0.3) is 0 Å². The Kier molecular flexibility index (Phi) is 5.76. The van der Waals surface area contributed by atoms with E-state index in [1.54, 1.807) is 12.1 Å². The van der Waals surface area contributed by atoms with Gasteiger partial charge < -0.3 is 14.5 Å². The first kappa shape index (κ1) is 17.5. The van der Waals surface area contributed by atoms with Crippen molar-refractivity contribution in [1.29, 1.82) is 0 Å². The SMILES string of the molecule is O=C(CCOc1ccc(F)cc1)N1CCN(c2ccccc2Cl)CC1. The Balaban J connectivity index is 1.44. The molecular formula is C19H20ClFN2O2. The van der Waals surface area contributed by atoms with Gasteiger partial charge in [0.15, 0.2) is 0 Å². The molecule has 0 aromatic heterocycles. The van der Waals surface area contributed by atoms with Gasteiger partial charge in [0.05, 0.1) is 23.7 Å². The molecule has 0 atom stereocenters. The molecule has 0 N–H and O–H groups in total. The van der Waals surface area contributed by atoms with E-state index in [0.29, 0.717) is 25.3 Å². The summed E-state index contributed by atoms with van der Waals surface area (Å²) in [7, 11) is 0. The number of hydrogen-bond donors (Lipinski definition) is 0. The average Bonchev–Trinajstić information content (AvgIpc) is 2.64. The van der Waals surface area contributed by atoms with Crippen molar-refractivity contribution in [2.75, 3.05) is 37.7 Å². The summed E-state index contributed by atoms with van der Waals surface area (Å²) in [6, 6.07) is 13.5. The monoisotopic (exact) mass is 362 g/mol. The number of ether oxygens (including phenoxy) is 1. The molecule has 3 rings (SSSR count). The molecule has 1 aliphatic rings. The van der Waals surface area contributed by atoms with Crippen LogP contribution in [-0.2, 0) is 4.79 Å². The van der Waals surface area contributed by atoms with Crippen LogP contribution in [0.5, 0.6) is 5.75 Å². The maximum absolute atomic E-state index is 12.8. The molecule has 1 fully saturated rings. The zero-order valence-electron chi connectivity index (χ0n) is 13.8. The van der Waals surface area contributed by atoms with Crippen LogP contribution in [0, 0.1) is 5.82 Å². The van der Waals surface area contributed by atoms with E-state index in [0.717, 1.165) is 23.8 Å². The van der Waals surface area contributed by atoms with Crippen molar-refractivity contribution in [3.8, 4) is 5.75 Å². The first-order chi connectivity index (χ1) is 12.1. The molecule has 1 amide bonds. The van der Waals surface area contributed by atoms with Gasteiger partial charge in [-0.15, -0.1) is 0 Å². The Bertz CT molecular complexity index is 716. The summed E-state index contributed by atoms with van der Waals surface area (Å²) in [5.41, 5.74) is 1.01. The summed E-state index contributed by atoms with van der Waals surface area (Å²) >= 11 is 6.23. The fourth-order valence-corrected chi connectivity index (χ4v) is 3.11. The zero-order valence-corrected chi connectivity index (χ0v) is 14.6. The van der Waals surface area contributed by atoms with Crippen molar-refractivity contribution in [2.24, 2.45) is 0 Å². The Labute approximate surface area is 151 Å². The fraction of sp³-hybridized carbons (Fsp3) is 0.316. The molecule has 6 heteroatoms. The van der Waals surface area contributed by atoms with Crippen LogP contribution in [-0.4, -0.2) is 43.6 Å². The van der Waals surface area contributed by atoms with Crippen molar-refractivity contribution in [1.82, 2.24) is 4.90 Å². The first-order valence-electron chi connectivity index (χ1n) is 8.29. The van der Waals surface area contributed by atoms with Crippen molar-refractivity contribution < 1.29 is 13.9 Å². The topological polar surface area (TPSA) is 32.8 Å². The Morgan fingerprint density at radius 2 is 1.72 bits per heavy atom. The first-order valence-corrected chi connectivity index (χ1v) is 8.67. The maximum Gasteiger partial charge on any atom is 0.226 e. The highest BCUT2D eigenvalue weighted by atomic mass is 35.5. The van der Waals surface area contributed by atoms with Crippen LogP contribution in [0.3, 0.4) is 0 Å². The minimum absolute atomic E-state index is 0.0703. The lowest BCUT2D eigenvalue weighted by Crippen LogP contribution is -2.49. The lowest BCUT2D eigenvalue weighted by Gasteiger charge is -2.36. The Morgan fingerprint density at radius 1 is 1.04 bits per heavy atom. The fourth-order valence-electron chi connectivity index (χ4n) is 2.85. The standard InChI is InChI=1S/C19H20ClFN2O2/c20-17-3-1-2-4-18(17)22-10-12-23(13-11-22)19(24)9-14-25-16-7-5-15(21)6-8-16/h1-8H,9-14H2. The van der Waals surface area contributed by atoms with Crippen LogP contribution in [0.2, 0.25) is 5.02 Å². The van der Waals surface area contributed by atoms with E-state index >= 15 is 0 Å². The number of rotatable bonds is 5. The van der Waals surface area contributed by atoms with Crippen molar-refractivity contribution >= 4 is 23.2 Å². The van der Waals surface area contributed by atoms with Gasteiger partial charge >= 0.3 is 0 Å². The van der Waals surface area contributed by atoms with E-state index in [4.69, 9.17) is 16.3 Å². The van der Waals surface area contributed by atoms with Gasteiger partial charge in [0.1, 0.15) is 11.6 Å². The van der Waals surface area contributed by atoms with Crippen LogP contribution >= 0.6 is 11.6 Å². The van der Waals surface area contributed by atoms with Gasteiger partial charge in [0.2, 0.25) is 5.91 Å². The largest absolute Gasteiger partial charge is 0.493 e. The predicted octanol–water partition coefficient (Wildman–Crippen LogP) is 3.60. The number of para-hydroxylation sites is 1. The van der Waals surface area contributed by atoms with Gasteiger partial charge in [0, 0.05) is 26.2 Å². The van der Waals surface area contributed by atoms with E-state index < -0.39 is 0 Å². The molecule has 4 nitrogen and oxygen atoms in total. The number of carbonyl (C=O) groups excluding carboxylic acids is 1. The second-order valence-electron chi connectivity index (χ2n) is 5.87. The molecule has 1 aliphatic heterocycles. The van der Waals surface area contributed by atoms with E-state index in [1.807, 2.05) is 29.2 Å². The molecule has 0 spiro atoms. The number of hydrogen-bond acceptors (Lipinski definition) is 3. The summed E-state index contributed by atoms with van der Waals surface area (Å²) in [4.78, 5) is 16.3. The lowest BCUT2D eigenvalue weighted by atomic mass is 10.2. The number of amides is 1. The smallest absolute Gasteiger partial charge is 0.226 e. The summed E-state index contributed by atoms with van der Waals surface area (Å²) in [5, 5.41) is 0.731. The van der Waals surface area contributed by atoms with Gasteiger partial charge in [0.25, 0.3) is 0 Å². The Morgan fingerprint density at radius 3 is 2.40 bits per heavy atom. The van der Waals surface area contributed by atoms with Gasteiger partial charge in [-0.05, 0) is 36.4 Å². The highest BCUT2D eigenvalue weighted by molar-refractivity contribution is 6.33. The van der Waals surface area contributed by atoms with Crippen LogP contribution in [0.15, 0.2) is 48.5 Å². The molecule has 2 aromatic rings. The molecule has 0 aliphatic carbocycles. The predicted molar refractivity (Wildman–Crippen MR) is 96.8 cm³/mol. The number of carbonyl (C=O) groups is 1. The summed E-state index contributed by atoms with van der Waals surface area (Å²) in [6.07, 6.45) is 0.309. The van der Waals surface area contributed by atoms with Crippen molar-refractivity contribution in [3.63, 3.8) is 0 Å². The Hall–Kier alpha value is -2.27. The zero-order chi connectivity index (χ0) is 17.6. The number of piperazine rings is 1. The molecule has 25 heavy (non-hydrogen) atoms. The second-order valence-corrected chi connectivity index (χ2v) is 6.28. The summed E-state index contributed by atoms with van der Waals surface area (Å²) in [5.74, 6) is 0.332. The molecule has 1 heterocycles. The van der Waals surface area contributed by atoms with Crippen LogP contribution in [0.1, 0.15) is 6.42 Å². The van der Waals surface area contributed by atoms with Gasteiger partial charge in [-0.3, -0.25) is 4.79 Å². The highest BCUT2D eigenvalue weighted by Crippen LogP contribution is 2.26. The maximum atomic E-state index is 12.8. The van der Waals surface area contributed by atoms with Gasteiger partial charge in [-0.1, -0.05) is 23.7 Å². The molecule has 0 bridgehead atoms. The third kappa shape index (κ3) is 4.63. The highest BCUT2D eigenvalue weighted by Gasteiger charge is 2.22. The van der Waals surface area contributed by atoms with E-state index in [1.165, 1.54) is 12.1 Å². The lowest BCUT2D eigenvalue weighted by molar-refractivity contribution is -0.132. The minimum atomic E-state index is -0.306. The van der Waals surface area contributed by atoms with E-state index in [2.05, 4.69) is 4.90 Å². The second kappa shape index (κ2) is 8.21.